The van der Waals surface area contributed by atoms with E-state index >= 15 is 0 Å². The molecule has 0 radical (unpaired) electrons. The largest absolute Gasteiger partial charge is 0.315 e. The van der Waals surface area contributed by atoms with E-state index < -0.39 is 0 Å². The lowest BCUT2D eigenvalue weighted by Gasteiger charge is -2.27. The summed E-state index contributed by atoms with van der Waals surface area (Å²) in [6, 6.07) is 2.17. The number of hydrogen-bond acceptors (Lipinski definition) is 2. The van der Waals surface area contributed by atoms with Crippen molar-refractivity contribution in [3.8, 4) is 0 Å². The number of hydrogen-bond donors (Lipinski definition) is 2. The zero-order valence-corrected chi connectivity index (χ0v) is 9.22. The molecular weight excluding hydrogens is 174 g/mol. The fourth-order valence-electron chi connectivity index (χ4n) is 2.32. The van der Waals surface area contributed by atoms with Crippen LogP contribution in [0.15, 0.2) is 6.07 Å². The molecule has 1 aliphatic heterocycles. The summed E-state index contributed by atoms with van der Waals surface area (Å²) < 4.78 is 0. The van der Waals surface area contributed by atoms with Crippen molar-refractivity contribution in [1.82, 2.24) is 15.5 Å². The number of rotatable bonds is 2. The van der Waals surface area contributed by atoms with Crippen LogP contribution in [-0.2, 0) is 0 Å². The van der Waals surface area contributed by atoms with Gasteiger partial charge in [-0.2, -0.15) is 5.10 Å². The fourth-order valence-corrected chi connectivity index (χ4v) is 2.32. The van der Waals surface area contributed by atoms with Crippen LogP contribution in [0.3, 0.4) is 0 Å². The van der Waals surface area contributed by atoms with Crippen LogP contribution in [0.4, 0.5) is 0 Å². The first-order valence-corrected chi connectivity index (χ1v) is 5.38. The van der Waals surface area contributed by atoms with Gasteiger partial charge in [0.05, 0.1) is 5.69 Å². The van der Waals surface area contributed by atoms with Gasteiger partial charge in [0.1, 0.15) is 0 Å². The third kappa shape index (κ3) is 1.46. The second-order valence-electron chi connectivity index (χ2n) is 4.67. The maximum atomic E-state index is 4.38. The first-order valence-electron chi connectivity index (χ1n) is 5.38. The lowest BCUT2D eigenvalue weighted by atomic mass is 9.76. The Morgan fingerprint density at radius 3 is 3.00 bits per heavy atom. The van der Waals surface area contributed by atoms with E-state index in [9.17, 15) is 0 Å². The number of nitrogens with zero attached hydrogens (tertiary/aromatic N) is 1. The van der Waals surface area contributed by atoms with Crippen LogP contribution in [0.2, 0.25) is 0 Å². The minimum atomic E-state index is 0.377. The Labute approximate surface area is 85.3 Å². The van der Waals surface area contributed by atoms with Gasteiger partial charge < -0.3 is 5.32 Å². The molecule has 2 heterocycles. The average Bonchev–Trinajstić information content (AvgIpc) is 2.73. The monoisotopic (exact) mass is 193 g/mol. The van der Waals surface area contributed by atoms with E-state index in [1.54, 1.807) is 0 Å². The molecule has 0 amide bonds. The quantitative estimate of drug-likeness (QED) is 0.752. The molecule has 14 heavy (non-hydrogen) atoms. The molecule has 0 spiro atoms. The van der Waals surface area contributed by atoms with Crippen LogP contribution in [0, 0.1) is 12.3 Å². The number of aromatic amines is 1. The van der Waals surface area contributed by atoms with Gasteiger partial charge in [-0.05, 0) is 24.8 Å². The Kier molecular flexibility index (Phi) is 2.35. The highest BCUT2D eigenvalue weighted by Gasteiger charge is 2.39. The topological polar surface area (TPSA) is 40.7 Å². The Morgan fingerprint density at radius 1 is 1.64 bits per heavy atom. The summed E-state index contributed by atoms with van der Waals surface area (Å²) >= 11 is 0. The maximum absolute atomic E-state index is 4.38. The van der Waals surface area contributed by atoms with Gasteiger partial charge in [0.2, 0.25) is 0 Å². The van der Waals surface area contributed by atoms with Crippen molar-refractivity contribution in [2.45, 2.75) is 33.1 Å². The highest BCUT2D eigenvalue weighted by Crippen LogP contribution is 2.40. The highest BCUT2D eigenvalue weighted by molar-refractivity contribution is 5.18. The summed E-state index contributed by atoms with van der Waals surface area (Å²) in [5.41, 5.74) is 2.75. The molecule has 2 unspecified atom stereocenters. The van der Waals surface area contributed by atoms with Crippen LogP contribution in [0.25, 0.3) is 0 Å². The van der Waals surface area contributed by atoms with Gasteiger partial charge in [0, 0.05) is 24.7 Å². The van der Waals surface area contributed by atoms with Crippen molar-refractivity contribution in [3.05, 3.63) is 17.5 Å². The predicted octanol–water partition coefficient (Wildman–Crippen LogP) is 1.82. The van der Waals surface area contributed by atoms with Crippen LogP contribution in [0.1, 0.15) is 37.6 Å². The third-order valence-electron chi connectivity index (χ3n) is 3.61. The molecule has 0 aliphatic carbocycles. The summed E-state index contributed by atoms with van der Waals surface area (Å²) in [6.07, 6.45) is 1.20. The van der Waals surface area contributed by atoms with E-state index in [4.69, 9.17) is 0 Å². The molecule has 2 rings (SSSR count). The van der Waals surface area contributed by atoms with Gasteiger partial charge in [-0.15, -0.1) is 0 Å². The van der Waals surface area contributed by atoms with Gasteiger partial charge in [0.25, 0.3) is 0 Å². The van der Waals surface area contributed by atoms with Crippen LogP contribution >= 0.6 is 0 Å². The maximum Gasteiger partial charge on any atom is 0.0674 e. The van der Waals surface area contributed by atoms with Gasteiger partial charge in [0.15, 0.2) is 0 Å². The normalized spacial score (nSPS) is 32.4. The average molecular weight is 193 g/mol. The van der Waals surface area contributed by atoms with E-state index in [2.05, 4.69) is 42.4 Å². The van der Waals surface area contributed by atoms with Gasteiger partial charge in [-0.3, -0.25) is 5.10 Å². The molecule has 0 aromatic carbocycles. The van der Waals surface area contributed by atoms with Crippen molar-refractivity contribution < 1.29 is 0 Å². The number of H-pyrrole nitrogens is 1. The number of aromatic nitrogens is 2. The van der Waals surface area contributed by atoms with Crippen molar-refractivity contribution >= 4 is 0 Å². The second kappa shape index (κ2) is 3.39. The Balaban J connectivity index is 2.26. The van der Waals surface area contributed by atoms with Crippen molar-refractivity contribution in [3.63, 3.8) is 0 Å². The number of aryl methyl sites for hydroxylation is 1. The molecule has 3 heteroatoms. The first-order chi connectivity index (χ1) is 6.65. The predicted molar refractivity (Wildman–Crippen MR) is 57.3 cm³/mol. The lowest BCUT2D eigenvalue weighted by Crippen LogP contribution is -2.24. The highest BCUT2D eigenvalue weighted by atomic mass is 15.1. The Bertz CT molecular complexity index is 318. The second-order valence-corrected chi connectivity index (χ2v) is 4.67. The van der Waals surface area contributed by atoms with Crippen LogP contribution in [-0.4, -0.2) is 23.3 Å². The van der Waals surface area contributed by atoms with E-state index in [1.165, 1.54) is 12.1 Å². The third-order valence-corrected chi connectivity index (χ3v) is 3.61. The molecule has 2 N–H and O–H groups in total. The molecule has 0 bridgehead atoms. The standard InChI is InChI=1S/C11H19N3/c1-4-11(3)7-12-6-9(11)10-5-8(2)13-14-10/h5,9,12H,4,6-7H2,1-3H3,(H,13,14). The molecule has 1 saturated heterocycles. The summed E-state index contributed by atoms with van der Waals surface area (Å²) in [6.45, 7) is 8.85. The van der Waals surface area contributed by atoms with E-state index in [0.717, 1.165) is 18.8 Å². The van der Waals surface area contributed by atoms with Crippen LogP contribution < -0.4 is 5.32 Å². The first kappa shape index (κ1) is 9.71. The lowest BCUT2D eigenvalue weighted by molar-refractivity contribution is 0.304. The minimum absolute atomic E-state index is 0.377. The van der Waals surface area contributed by atoms with Crippen LogP contribution in [0.5, 0.6) is 0 Å². The van der Waals surface area contributed by atoms with E-state index in [-0.39, 0.29) is 0 Å². The van der Waals surface area contributed by atoms with E-state index in [1.807, 2.05) is 0 Å². The summed E-state index contributed by atoms with van der Waals surface area (Å²) in [5, 5.41) is 10.9. The fraction of sp³-hybridized carbons (Fsp3) is 0.727. The molecule has 1 fully saturated rings. The molecule has 1 aliphatic rings. The van der Waals surface area contributed by atoms with Gasteiger partial charge in [-0.25, -0.2) is 0 Å². The molecular formula is C11H19N3. The van der Waals surface area contributed by atoms with Gasteiger partial charge >= 0.3 is 0 Å². The van der Waals surface area contributed by atoms with Crippen molar-refractivity contribution in [2.24, 2.45) is 5.41 Å². The molecule has 1 aromatic heterocycles. The summed E-state index contributed by atoms with van der Waals surface area (Å²) in [7, 11) is 0. The molecule has 78 valence electrons. The van der Waals surface area contributed by atoms with Gasteiger partial charge in [-0.1, -0.05) is 13.8 Å². The van der Waals surface area contributed by atoms with Crippen molar-refractivity contribution in [2.75, 3.05) is 13.1 Å². The van der Waals surface area contributed by atoms with E-state index in [0.29, 0.717) is 11.3 Å². The zero-order valence-electron chi connectivity index (χ0n) is 9.22. The molecule has 3 nitrogen and oxygen atoms in total. The molecule has 0 saturated carbocycles. The zero-order chi connectivity index (χ0) is 10.2. The Morgan fingerprint density at radius 2 is 2.43 bits per heavy atom. The summed E-state index contributed by atoms with van der Waals surface area (Å²) in [4.78, 5) is 0. The molecule has 1 aromatic rings. The minimum Gasteiger partial charge on any atom is -0.315 e. The Hall–Kier alpha value is -0.830. The molecule has 2 atom stereocenters. The SMILES string of the molecule is CCC1(C)CNCC1c1cc(C)[nH]n1. The summed E-state index contributed by atoms with van der Waals surface area (Å²) in [5.74, 6) is 0.567. The van der Waals surface area contributed by atoms with Crippen molar-refractivity contribution in [1.29, 1.82) is 0 Å². The number of nitrogens with one attached hydrogen (secondary N) is 2. The smallest absolute Gasteiger partial charge is 0.0674 e.